The SMILES string of the molecule is CC(C)C[C@H](N)C(=O)Nc1cccc(Cn2cncn2)c1. The van der Waals surface area contributed by atoms with Crippen LogP contribution in [-0.4, -0.2) is 26.7 Å². The van der Waals surface area contributed by atoms with Gasteiger partial charge in [0.15, 0.2) is 0 Å². The highest BCUT2D eigenvalue weighted by Crippen LogP contribution is 2.13. The Morgan fingerprint density at radius 1 is 1.43 bits per heavy atom. The highest BCUT2D eigenvalue weighted by molar-refractivity contribution is 5.94. The number of nitrogens with one attached hydrogen (secondary N) is 1. The molecule has 0 aliphatic rings. The first-order valence-corrected chi connectivity index (χ1v) is 7.02. The van der Waals surface area contributed by atoms with Gasteiger partial charge in [0.1, 0.15) is 12.7 Å². The fourth-order valence-corrected chi connectivity index (χ4v) is 2.10. The molecule has 0 unspecified atom stereocenters. The summed E-state index contributed by atoms with van der Waals surface area (Å²) in [6, 6.07) is 7.16. The molecule has 1 aromatic carbocycles. The van der Waals surface area contributed by atoms with Gasteiger partial charge in [-0.2, -0.15) is 5.10 Å². The molecule has 3 N–H and O–H groups in total. The number of hydrogen-bond acceptors (Lipinski definition) is 4. The van der Waals surface area contributed by atoms with Crippen LogP contribution in [0, 0.1) is 5.92 Å². The Bertz CT molecular complexity index is 580. The molecule has 112 valence electrons. The number of carbonyl (C=O) groups excluding carboxylic acids is 1. The number of anilines is 1. The van der Waals surface area contributed by atoms with Crippen molar-refractivity contribution in [1.29, 1.82) is 0 Å². The summed E-state index contributed by atoms with van der Waals surface area (Å²) in [7, 11) is 0. The molecule has 0 aliphatic carbocycles. The molecule has 1 heterocycles. The van der Waals surface area contributed by atoms with E-state index in [1.54, 1.807) is 11.0 Å². The molecule has 2 aromatic rings. The van der Waals surface area contributed by atoms with Crippen LogP contribution in [0.3, 0.4) is 0 Å². The molecule has 1 amide bonds. The average molecular weight is 287 g/mol. The van der Waals surface area contributed by atoms with Gasteiger partial charge in [-0.3, -0.25) is 4.79 Å². The van der Waals surface area contributed by atoms with E-state index in [9.17, 15) is 4.79 Å². The Balaban J connectivity index is 1.99. The summed E-state index contributed by atoms with van der Waals surface area (Å²) in [6.07, 6.45) is 3.82. The van der Waals surface area contributed by atoms with Crippen LogP contribution in [0.4, 0.5) is 5.69 Å². The molecule has 0 aliphatic heterocycles. The molecule has 6 nitrogen and oxygen atoms in total. The zero-order valence-electron chi connectivity index (χ0n) is 12.4. The number of hydrogen-bond donors (Lipinski definition) is 2. The maximum absolute atomic E-state index is 12.0. The largest absolute Gasteiger partial charge is 0.325 e. The Labute approximate surface area is 124 Å². The number of nitrogens with two attached hydrogens (primary N) is 1. The van der Waals surface area contributed by atoms with Crippen molar-refractivity contribution < 1.29 is 4.79 Å². The monoisotopic (exact) mass is 287 g/mol. The molecule has 6 heteroatoms. The van der Waals surface area contributed by atoms with Gasteiger partial charge in [-0.1, -0.05) is 26.0 Å². The smallest absolute Gasteiger partial charge is 0.241 e. The van der Waals surface area contributed by atoms with Crippen LogP contribution >= 0.6 is 0 Å². The quantitative estimate of drug-likeness (QED) is 0.845. The number of amides is 1. The highest BCUT2D eigenvalue weighted by atomic mass is 16.2. The van der Waals surface area contributed by atoms with Gasteiger partial charge in [0.2, 0.25) is 5.91 Å². The zero-order valence-corrected chi connectivity index (χ0v) is 12.4. The van der Waals surface area contributed by atoms with E-state index in [2.05, 4.69) is 15.4 Å². The Morgan fingerprint density at radius 2 is 2.24 bits per heavy atom. The maximum atomic E-state index is 12.0. The topological polar surface area (TPSA) is 85.8 Å². The van der Waals surface area contributed by atoms with Gasteiger partial charge in [0, 0.05) is 5.69 Å². The third kappa shape index (κ3) is 4.68. The summed E-state index contributed by atoms with van der Waals surface area (Å²) in [5.74, 6) is 0.242. The Kier molecular flexibility index (Phi) is 5.05. The van der Waals surface area contributed by atoms with Crippen molar-refractivity contribution in [3.05, 3.63) is 42.5 Å². The predicted octanol–water partition coefficient (Wildman–Crippen LogP) is 1.64. The summed E-state index contributed by atoms with van der Waals surface area (Å²) in [5, 5.41) is 6.92. The first-order valence-electron chi connectivity index (χ1n) is 7.02. The van der Waals surface area contributed by atoms with Crippen LogP contribution in [0.15, 0.2) is 36.9 Å². The van der Waals surface area contributed by atoms with Crippen molar-refractivity contribution in [3.8, 4) is 0 Å². The third-order valence-electron chi connectivity index (χ3n) is 3.07. The summed E-state index contributed by atoms with van der Waals surface area (Å²) in [5.41, 5.74) is 7.66. The Morgan fingerprint density at radius 3 is 2.90 bits per heavy atom. The van der Waals surface area contributed by atoms with Crippen molar-refractivity contribution in [3.63, 3.8) is 0 Å². The molecular formula is C15H21N5O. The molecule has 1 aromatic heterocycles. The van der Waals surface area contributed by atoms with E-state index in [4.69, 9.17) is 5.73 Å². The van der Waals surface area contributed by atoms with Crippen LogP contribution in [0.25, 0.3) is 0 Å². The van der Waals surface area contributed by atoms with E-state index in [-0.39, 0.29) is 5.91 Å². The molecule has 0 fully saturated rings. The summed E-state index contributed by atoms with van der Waals surface area (Å²) >= 11 is 0. The van der Waals surface area contributed by atoms with Crippen LogP contribution in [-0.2, 0) is 11.3 Å². The lowest BCUT2D eigenvalue weighted by atomic mass is 10.0. The van der Waals surface area contributed by atoms with Crippen molar-refractivity contribution in [2.45, 2.75) is 32.9 Å². The number of aromatic nitrogens is 3. The minimum Gasteiger partial charge on any atom is -0.325 e. The van der Waals surface area contributed by atoms with Gasteiger partial charge >= 0.3 is 0 Å². The molecule has 0 saturated heterocycles. The lowest BCUT2D eigenvalue weighted by Gasteiger charge is -2.14. The lowest BCUT2D eigenvalue weighted by Crippen LogP contribution is -2.36. The van der Waals surface area contributed by atoms with Crippen LogP contribution in [0.2, 0.25) is 0 Å². The van der Waals surface area contributed by atoms with Crippen molar-refractivity contribution in [2.75, 3.05) is 5.32 Å². The van der Waals surface area contributed by atoms with Crippen LogP contribution in [0.5, 0.6) is 0 Å². The molecule has 2 rings (SSSR count). The number of benzene rings is 1. The average Bonchev–Trinajstić information content (AvgIpc) is 2.91. The third-order valence-corrected chi connectivity index (χ3v) is 3.07. The van der Waals surface area contributed by atoms with Gasteiger partial charge in [-0.15, -0.1) is 0 Å². The van der Waals surface area contributed by atoms with Crippen LogP contribution in [0.1, 0.15) is 25.8 Å². The molecule has 0 bridgehead atoms. The summed E-state index contributed by atoms with van der Waals surface area (Å²) in [4.78, 5) is 15.9. The van der Waals surface area contributed by atoms with Crippen molar-refractivity contribution >= 4 is 11.6 Å². The standard InChI is InChI=1S/C15H21N5O/c1-11(2)6-14(16)15(21)19-13-5-3-4-12(7-13)8-20-10-17-9-18-20/h3-5,7,9-11,14H,6,8,16H2,1-2H3,(H,19,21)/t14-/m0/s1. The van der Waals surface area contributed by atoms with E-state index >= 15 is 0 Å². The molecule has 1 atom stereocenters. The predicted molar refractivity (Wildman–Crippen MR) is 81.6 cm³/mol. The number of rotatable bonds is 6. The van der Waals surface area contributed by atoms with E-state index in [1.807, 2.05) is 38.1 Å². The Hall–Kier alpha value is -2.21. The second kappa shape index (κ2) is 6.99. The fourth-order valence-electron chi connectivity index (χ4n) is 2.10. The highest BCUT2D eigenvalue weighted by Gasteiger charge is 2.15. The molecule has 21 heavy (non-hydrogen) atoms. The van der Waals surface area contributed by atoms with Crippen molar-refractivity contribution in [1.82, 2.24) is 14.8 Å². The molecule has 0 radical (unpaired) electrons. The first-order chi connectivity index (χ1) is 10.0. The summed E-state index contributed by atoms with van der Waals surface area (Å²) < 4.78 is 1.73. The second-order valence-corrected chi connectivity index (χ2v) is 5.52. The maximum Gasteiger partial charge on any atom is 0.241 e. The van der Waals surface area contributed by atoms with E-state index in [1.165, 1.54) is 6.33 Å². The van der Waals surface area contributed by atoms with Gasteiger partial charge < -0.3 is 11.1 Å². The normalized spacial score (nSPS) is 12.4. The van der Waals surface area contributed by atoms with Gasteiger partial charge in [-0.05, 0) is 30.0 Å². The molecule has 0 spiro atoms. The summed E-state index contributed by atoms with van der Waals surface area (Å²) in [6.45, 7) is 4.71. The van der Waals surface area contributed by atoms with E-state index < -0.39 is 6.04 Å². The fraction of sp³-hybridized carbons (Fsp3) is 0.400. The number of carbonyl (C=O) groups is 1. The van der Waals surface area contributed by atoms with Crippen molar-refractivity contribution in [2.24, 2.45) is 11.7 Å². The minimum absolute atomic E-state index is 0.151. The first kappa shape index (κ1) is 15.2. The van der Waals surface area contributed by atoms with Gasteiger partial charge in [0.25, 0.3) is 0 Å². The van der Waals surface area contributed by atoms with Gasteiger partial charge in [0.05, 0.1) is 12.6 Å². The molecule has 0 saturated carbocycles. The van der Waals surface area contributed by atoms with Crippen LogP contribution < -0.4 is 11.1 Å². The van der Waals surface area contributed by atoms with E-state index in [0.29, 0.717) is 18.9 Å². The second-order valence-electron chi connectivity index (χ2n) is 5.52. The lowest BCUT2D eigenvalue weighted by molar-refractivity contribution is -0.117. The molecular weight excluding hydrogens is 266 g/mol. The zero-order chi connectivity index (χ0) is 15.2. The van der Waals surface area contributed by atoms with Gasteiger partial charge in [-0.25, -0.2) is 9.67 Å². The minimum atomic E-state index is -0.482. The number of nitrogens with zero attached hydrogens (tertiary/aromatic N) is 3. The van der Waals surface area contributed by atoms with E-state index in [0.717, 1.165) is 11.3 Å².